The number of hydrogen-bond acceptors (Lipinski definition) is 1. The molecule has 3 heteroatoms. The van der Waals surface area contributed by atoms with E-state index in [9.17, 15) is 0 Å². The Labute approximate surface area is 89.3 Å². The number of hydrogen-bond donors (Lipinski definition) is 1. The van der Waals surface area contributed by atoms with Crippen LogP contribution in [0.5, 0.6) is 0 Å². The molecule has 0 aromatic heterocycles. The second-order valence-corrected chi connectivity index (χ2v) is 5.00. The van der Waals surface area contributed by atoms with Gasteiger partial charge in [-0.25, -0.2) is 0 Å². The minimum atomic E-state index is 0. The van der Waals surface area contributed by atoms with Gasteiger partial charge in [0.05, 0.1) is 0 Å². The van der Waals surface area contributed by atoms with Gasteiger partial charge in [-0.2, -0.15) is 0 Å². The average molecular weight is 341 g/mol. The van der Waals surface area contributed by atoms with Crippen molar-refractivity contribution in [3.8, 4) is 0 Å². The SMILES string of the molecule is CC1(C)CC([NH-])CC(C)(C)N1.[Re]. The maximum atomic E-state index is 7.74. The van der Waals surface area contributed by atoms with Gasteiger partial charge in [0.25, 0.3) is 0 Å². The van der Waals surface area contributed by atoms with E-state index in [1.165, 1.54) is 0 Å². The van der Waals surface area contributed by atoms with E-state index in [2.05, 4.69) is 33.0 Å². The third-order valence-corrected chi connectivity index (χ3v) is 2.19. The normalized spacial score (nSPS) is 27.8. The summed E-state index contributed by atoms with van der Waals surface area (Å²) in [6, 6.07) is 0.112. The summed E-state index contributed by atoms with van der Waals surface area (Å²) in [6.45, 7) is 8.70. The summed E-state index contributed by atoms with van der Waals surface area (Å²) in [4.78, 5) is 0. The minimum absolute atomic E-state index is 0. The number of nitrogens with one attached hydrogen (secondary N) is 2. The van der Waals surface area contributed by atoms with Crippen molar-refractivity contribution in [2.24, 2.45) is 0 Å². The van der Waals surface area contributed by atoms with Crippen LogP contribution >= 0.6 is 0 Å². The monoisotopic (exact) mass is 342 g/mol. The van der Waals surface area contributed by atoms with E-state index >= 15 is 0 Å². The average Bonchev–Trinajstić information content (AvgIpc) is 1.49. The molecule has 0 aromatic rings. The molecule has 0 spiro atoms. The molecule has 1 aliphatic rings. The maximum Gasteiger partial charge on any atom is 0.0116 e. The van der Waals surface area contributed by atoms with Crippen molar-refractivity contribution in [2.75, 3.05) is 0 Å². The Bertz CT molecular complexity index is 139. The molecule has 0 atom stereocenters. The first-order valence-electron chi connectivity index (χ1n) is 4.31. The van der Waals surface area contributed by atoms with Crippen LogP contribution in [0.25, 0.3) is 5.73 Å². The molecule has 1 fully saturated rings. The molecule has 2 N–H and O–H groups in total. The third-order valence-electron chi connectivity index (χ3n) is 2.19. The molecule has 1 rings (SSSR count). The summed E-state index contributed by atoms with van der Waals surface area (Å²) < 4.78 is 0. The predicted octanol–water partition coefficient (Wildman–Crippen LogP) is 2.35. The number of piperidine rings is 1. The standard InChI is InChI=1S/C9H19N2.Re/c1-8(2)5-7(10)6-9(3,4)11-8;/h7,10-11H,5-6H2,1-4H3;/q-1;. The Kier molecular flexibility index (Phi) is 3.94. The first kappa shape index (κ1) is 12.6. The second-order valence-electron chi connectivity index (χ2n) is 5.00. The van der Waals surface area contributed by atoms with Crippen molar-refractivity contribution in [2.45, 2.75) is 57.7 Å². The molecule has 12 heavy (non-hydrogen) atoms. The van der Waals surface area contributed by atoms with Crippen molar-refractivity contribution in [1.82, 2.24) is 5.32 Å². The summed E-state index contributed by atoms with van der Waals surface area (Å²) in [7, 11) is 0. The van der Waals surface area contributed by atoms with Crippen molar-refractivity contribution in [3.63, 3.8) is 0 Å². The number of rotatable bonds is 0. The zero-order chi connectivity index (χ0) is 8.70. The van der Waals surface area contributed by atoms with Gasteiger partial charge in [0.15, 0.2) is 0 Å². The van der Waals surface area contributed by atoms with Gasteiger partial charge in [-0.3, -0.25) is 0 Å². The van der Waals surface area contributed by atoms with E-state index in [-0.39, 0.29) is 37.5 Å². The van der Waals surface area contributed by atoms with Gasteiger partial charge >= 0.3 is 0 Å². The molecule has 1 aliphatic heterocycles. The summed E-state index contributed by atoms with van der Waals surface area (Å²) in [5.74, 6) is 0. The van der Waals surface area contributed by atoms with E-state index in [0.717, 1.165) is 12.8 Å². The fraction of sp³-hybridized carbons (Fsp3) is 1.00. The van der Waals surface area contributed by atoms with Crippen LogP contribution in [0.15, 0.2) is 0 Å². The van der Waals surface area contributed by atoms with Crippen LogP contribution in [0.4, 0.5) is 0 Å². The van der Waals surface area contributed by atoms with E-state index in [4.69, 9.17) is 5.73 Å². The van der Waals surface area contributed by atoms with Crippen molar-refractivity contribution in [3.05, 3.63) is 5.73 Å². The van der Waals surface area contributed by atoms with Gasteiger partial charge in [0.2, 0.25) is 0 Å². The van der Waals surface area contributed by atoms with Crippen LogP contribution in [-0.4, -0.2) is 17.1 Å². The molecular weight excluding hydrogens is 322 g/mol. The molecule has 73 valence electrons. The largest absolute Gasteiger partial charge is 0.675 e. The second kappa shape index (κ2) is 3.76. The van der Waals surface area contributed by atoms with Crippen LogP contribution in [0, 0.1) is 0 Å². The van der Waals surface area contributed by atoms with Gasteiger partial charge in [-0.15, -0.1) is 6.04 Å². The summed E-state index contributed by atoms with van der Waals surface area (Å²) in [5, 5.41) is 3.54. The van der Waals surface area contributed by atoms with Gasteiger partial charge < -0.3 is 11.1 Å². The summed E-state index contributed by atoms with van der Waals surface area (Å²) >= 11 is 0. The van der Waals surface area contributed by atoms with E-state index in [0.29, 0.717) is 0 Å². The molecule has 1 saturated heterocycles. The molecule has 0 saturated carbocycles. The molecule has 0 aliphatic carbocycles. The fourth-order valence-corrected chi connectivity index (χ4v) is 2.32. The quantitative estimate of drug-likeness (QED) is 0.721. The van der Waals surface area contributed by atoms with E-state index in [1.807, 2.05) is 0 Å². The van der Waals surface area contributed by atoms with Crippen LogP contribution < -0.4 is 5.32 Å². The molecule has 1 heterocycles. The zero-order valence-electron chi connectivity index (χ0n) is 8.37. The minimum Gasteiger partial charge on any atom is -0.675 e. The smallest absolute Gasteiger partial charge is 0.0116 e. The summed E-state index contributed by atoms with van der Waals surface area (Å²) in [5.41, 5.74) is 8.04. The fourth-order valence-electron chi connectivity index (χ4n) is 2.32. The van der Waals surface area contributed by atoms with E-state index in [1.54, 1.807) is 0 Å². The zero-order valence-corrected chi connectivity index (χ0v) is 11.1. The molecular formula is C9H19N2Re-. The topological polar surface area (TPSA) is 35.8 Å². The third kappa shape index (κ3) is 3.53. The first-order chi connectivity index (χ1) is 4.81. The Morgan fingerprint density at radius 3 is 1.67 bits per heavy atom. The van der Waals surface area contributed by atoms with Gasteiger partial charge in [-0.1, -0.05) is 12.8 Å². The molecule has 0 aromatic carbocycles. The van der Waals surface area contributed by atoms with Crippen LogP contribution in [0.1, 0.15) is 40.5 Å². The van der Waals surface area contributed by atoms with Crippen LogP contribution in [0.3, 0.4) is 0 Å². The van der Waals surface area contributed by atoms with Gasteiger partial charge in [0.1, 0.15) is 0 Å². The van der Waals surface area contributed by atoms with Crippen molar-refractivity contribution >= 4 is 0 Å². The molecule has 2 nitrogen and oxygen atoms in total. The Morgan fingerprint density at radius 1 is 1.08 bits per heavy atom. The first-order valence-corrected chi connectivity index (χ1v) is 4.31. The van der Waals surface area contributed by atoms with Crippen molar-refractivity contribution in [1.29, 1.82) is 0 Å². The van der Waals surface area contributed by atoms with Crippen LogP contribution in [-0.2, 0) is 20.4 Å². The maximum absolute atomic E-state index is 7.74. The Hall–Kier alpha value is 0.582. The summed E-state index contributed by atoms with van der Waals surface area (Å²) in [6.07, 6.45) is 1.94. The Morgan fingerprint density at radius 2 is 1.42 bits per heavy atom. The molecule has 1 radical (unpaired) electrons. The molecule has 0 unspecified atom stereocenters. The molecule has 0 bridgehead atoms. The van der Waals surface area contributed by atoms with Crippen molar-refractivity contribution < 1.29 is 20.4 Å². The van der Waals surface area contributed by atoms with Crippen LogP contribution in [0.2, 0.25) is 0 Å². The van der Waals surface area contributed by atoms with Gasteiger partial charge in [-0.05, 0) is 27.7 Å². The van der Waals surface area contributed by atoms with E-state index < -0.39 is 0 Å². The molecule has 0 amide bonds. The predicted molar refractivity (Wildman–Crippen MR) is 48.6 cm³/mol. The Balaban J connectivity index is 0.00000121. The van der Waals surface area contributed by atoms with Gasteiger partial charge in [0, 0.05) is 31.5 Å².